The molecule has 1 aliphatic heterocycles. The molecule has 1 saturated heterocycles. The number of nitrogens with two attached hydrogens (primary N) is 1. The Hall–Kier alpha value is -3.77. The molecule has 0 aliphatic carbocycles. The number of nitrogens with zero attached hydrogens (tertiary/aromatic N) is 5. The Balaban J connectivity index is 1.18. The number of fused-ring (bicyclic) bond motifs is 4. The first-order valence-electron chi connectivity index (χ1n) is 12.1. The Morgan fingerprint density at radius 2 is 2.08 bits per heavy atom. The van der Waals surface area contributed by atoms with Crippen LogP contribution in [0.15, 0.2) is 49.1 Å². The zero-order valence-corrected chi connectivity index (χ0v) is 20.6. The van der Waals surface area contributed by atoms with Gasteiger partial charge in [0.05, 0.1) is 25.6 Å². The van der Waals surface area contributed by atoms with E-state index in [9.17, 15) is 10.2 Å². The van der Waals surface area contributed by atoms with Gasteiger partial charge in [0.15, 0.2) is 17.2 Å². The number of anilines is 1. The van der Waals surface area contributed by atoms with Crippen LogP contribution in [-0.2, 0) is 17.0 Å². The van der Waals surface area contributed by atoms with Gasteiger partial charge in [0.1, 0.15) is 29.8 Å². The molecule has 0 saturated carbocycles. The first-order valence-corrected chi connectivity index (χ1v) is 12.1. The zero-order chi connectivity index (χ0) is 25.7. The molecule has 192 valence electrons. The van der Waals surface area contributed by atoms with Gasteiger partial charge in [-0.1, -0.05) is 18.2 Å². The molecule has 4 heterocycles. The Morgan fingerprint density at radius 3 is 2.92 bits per heavy atom. The number of ether oxygens (including phenoxy) is 2. The molecule has 11 nitrogen and oxygen atoms in total. The topological polar surface area (TPSA) is 146 Å². The lowest BCUT2D eigenvalue weighted by Crippen LogP contribution is -2.48. The maximum Gasteiger partial charge on any atom is 0.197 e. The van der Waals surface area contributed by atoms with Crippen molar-refractivity contribution in [2.75, 3.05) is 32.5 Å². The molecule has 11 heteroatoms. The normalized spacial score (nSPS) is 21.9. The maximum absolute atomic E-state index is 11.3. The van der Waals surface area contributed by atoms with Crippen molar-refractivity contribution in [3.05, 3.63) is 54.6 Å². The van der Waals surface area contributed by atoms with Crippen molar-refractivity contribution >= 4 is 38.8 Å². The molecule has 6 rings (SSSR count). The zero-order valence-electron chi connectivity index (χ0n) is 20.6. The number of hydrogen-bond acceptors (Lipinski definition) is 9. The fraction of sp³-hybridized carbons (Fsp3) is 0.346. The van der Waals surface area contributed by atoms with Gasteiger partial charge < -0.3 is 35.3 Å². The van der Waals surface area contributed by atoms with Crippen LogP contribution in [0.1, 0.15) is 5.56 Å². The number of aromatic nitrogens is 5. The molecular weight excluding hydrogens is 474 g/mol. The van der Waals surface area contributed by atoms with Gasteiger partial charge in [-0.2, -0.15) is 0 Å². The number of nitrogen functional groups attached to an aromatic ring is 1. The monoisotopic (exact) mass is 503 g/mol. The molecule has 1 aliphatic rings. The second kappa shape index (κ2) is 8.96. The smallest absolute Gasteiger partial charge is 0.197 e. The van der Waals surface area contributed by atoms with E-state index < -0.39 is 17.9 Å². The van der Waals surface area contributed by atoms with Crippen LogP contribution >= 0.6 is 0 Å². The van der Waals surface area contributed by atoms with E-state index in [-0.39, 0.29) is 12.4 Å². The van der Waals surface area contributed by atoms with E-state index >= 15 is 0 Å². The van der Waals surface area contributed by atoms with Crippen LogP contribution in [0.4, 0.5) is 5.82 Å². The summed E-state index contributed by atoms with van der Waals surface area (Å²) in [6, 6.07) is 12.5. The number of aliphatic hydroxyl groups excluding tert-OH is 1. The molecule has 37 heavy (non-hydrogen) atoms. The number of hydrogen-bond donors (Lipinski definition) is 4. The van der Waals surface area contributed by atoms with Gasteiger partial charge in [-0.25, -0.2) is 15.0 Å². The summed E-state index contributed by atoms with van der Waals surface area (Å²) in [7, 11) is 1.69. The predicted octanol–water partition coefficient (Wildman–Crippen LogP) is 1.53. The van der Waals surface area contributed by atoms with E-state index in [1.165, 1.54) is 22.8 Å². The third kappa shape index (κ3) is 3.70. The molecule has 5 N–H and O–H groups in total. The van der Waals surface area contributed by atoms with E-state index in [2.05, 4.69) is 56.0 Å². The molecule has 0 bridgehead atoms. The van der Waals surface area contributed by atoms with Gasteiger partial charge in [0.25, 0.3) is 0 Å². The molecule has 3 atom stereocenters. The SMILES string of the molecule is COc1cccc2c1c1ccc(C)cc1n2CCNCC1OCC(O)(n2cnc3c(N)ncnc32)C1O. The van der Waals surface area contributed by atoms with Gasteiger partial charge in [-0.05, 0) is 30.7 Å². The maximum atomic E-state index is 11.3. The van der Waals surface area contributed by atoms with E-state index in [4.69, 9.17) is 15.2 Å². The summed E-state index contributed by atoms with van der Waals surface area (Å²) in [5.41, 5.74) is 8.27. The molecule has 0 amide bonds. The number of imidazole rings is 1. The van der Waals surface area contributed by atoms with Gasteiger partial charge in [-0.3, -0.25) is 4.57 Å². The predicted molar refractivity (Wildman–Crippen MR) is 139 cm³/mol. The summed E-state index contributed by atoms with van der Waals surface area (Å²) in [6.07, 6.45) is 0.874. The average molecular weight is 504 g/mol. The van der Waals surface area contributed by atoms with Gasteiger partial charge in [0.2, 0.25) is 0 Å². The highest BCUT2D eigenvalue weighted by molar-refractivity contribution is 6.11. The highest BCUT2D eigenvalue weighted by atomic mass is 16.5. The lowest BCUT2D eigenvalue weighted by atomic mass is 10.1. The van der Waals surface area contributed by atoms with Gasteiger partial charge in [0, 0.05) is 35.9 Å². The minimum Gasteiger partial charge on any atom is -0.496 e. The van der Waals surface area contributed by atoms with Crippen LogP contribution in [0.25, 0.3) is 33.0 Å². The quantitative estimate of drug-likeness (QED) is 0.243. The summed E-state index contributed by atoms with van der Waals surface area (Å²) >= 11 is 0. The van der Waals surface area contributed by atoms with Crippen molar-refractivity contribution in [2.24, 2.45) is 0 Å². The van der Waals surface area contributed by atoms with Crippen LogP contribution in [0, 0.1) is 6.92 Å². The number of aryl methyl sites for hydroxylation is 1. The van der Waals surface area contributed by atoms with Crippen molar-refractivity contribution in [3.8, 4) is 5.75 Å². The minimum absolute atomic E-state index is 0.109. The van der Waals surface area contributed by atoms with Crippen LogP contribution in [0.2, 0.25) is 0 Å². The summed E-state index contributed by atoms with van der Waals surface area (Å²) in [5.74, 6) is 1.05. The summed E-state index contributed by atoms with van der Waals surface area (Å²) in [5, 5.41) is 27.9. The lowest BCUT2D eigenvalue weighted by Gasteiger charge is -2.28. The molecule has 0 spiro atoms. The molecule has 3 unspecified atom stereocenters. The first-order chi connectivity index (χ1) is 17.9. The second-order valence-corrected chi connectivity index (χ2v) is 9.45. The van der Waals surface area contributed by atoms with Crippen molar-refractivity contribution < 1.29 is 19.7 Å². The number of nitrogens with one attached hydrogen (secondary N) is 1. The summed E-state index contributed by atoms with van der Waals surface area (Å²) < 4.78 is 15.1. The summed E-state index contributed by atoms with van der Waals surface area (Å²) in [4.78, 5) is 12.3. The molecule has 5 aromatic rings. The molecule has 3 aromatic heterocycles. The number of methoxy groups -OCH3 is 1. The lowest BCUT2D eigenvalue weighted by molar-refractivity contribution is -0.107. The van der Waals surface area contributed by atoms with Crippen molar-refractivity contribution in [3.63, 3.8) is 0 Å². The van der Waals surface area contributed by atoms with E-state index in [0.717, 1.165) is 27.6 Å². The van der Waals surface area contributed by atoms with Crippen molar-refractivity contribution in [1.29, 1.82) is 0 Å². The summed E-state index contributed by atoms with van der Waals surface area (Å²) in [6.45, 7) is 3.66. The Kier molecular flexibility index (Phi) is 5.72. The van der Waals surface area contributed by atoms with Crippen LogP contribution in [0.5, 0.6) is 5.75 Å². The van der Waals surface area contributed by atoms with Crippen LogP contribution in [-0.4, -0.2) is 73.3 Å². The molecular formula is C26H29N7O4. The van der Waals surface area contributed by atoms with Gasteiger partial charge in [-0.15, -0.1) is 0 Å². The third-order valence-corrected chi connectivity index (χ3v) is 7.20. The van der Waals surface area contributed by atoms with Crippen LogP contribution in [0.3, 0.4) is 0 Å². The second-order valence-electron chi connectivity index (χ2n) is 9.45. The van der Waals surface area contributed by atoms with E-state index in [1.54, 1.807) is 7.11 Å². The highest BCUT2D eigenvalue weighted by Gasteiger charge is 2.50. The van der Waals surface area contributed by atoms with Crippen LogP contribution < -0.4 is 15.8 Å². The van der Waals surface area contributed by atoms with E-state index in [1.807, 2.05) is 12.1 Å². The Bertz CT molecular complexity index is 1610. The molecule has 0 radical (unpaired) electrons. The Morgan fingerprint density at radius 1 is 1.22 bits per heavy atom. The minimum atomic E-state index is -1.72. The fourth-order valence-electron chi connectivity index (χ4n) is 5.29. The highest BCUT2D eigenvalue weighted by Crippen LogP contribution is 2.36. The number of benzene rings is 2. The largest absolute Gasteiger partial charge is 0.496 e. The standard InChI is InChI=1S/C26H29N7O4/c1-15-6-7-16-18(10-15)32(17-4-3-5-19(36-2)21(16)17)9-8-28-11-20-23(34)26(35,12-37-20)33-14-31-22-24(27)29-13-30-25(22)33/h3-7,10,13-14,20,23,28,34-35H,8-9,11-12H2,1-2H3,(H2,27,29,30). The third-order valence-electron chi connectivity index (χ3n) is 7.20. The fourth-order valence-corrected chi connectivity index (χ4v) is 5.29. The van der Waals surface area contributed by atoms with Crippen molar-refractivity contribution in [1.82, 2.24) is 29.4 Å². The van der Waals surface area contributed by atoms with Gasteiger partial charge >= 0.3 is 0 Å². The van der Waals surface area contributed by atoms with E-state index in [0.29, 0.717) is 30.8 Å². The molecule has 2 aromatic carbocycles. The molecule has 1 fully saturated rings. The average Bonchev–Trinajstić information content (AvgIpc) is 3.56. The number of aliphatic hydroxyl groups is 2. The Labute approximate surface area is 212 Å². The number of rotatable bonds is 7. The van der Waals surface area contributed by atoms with Crippen molar-refractivity contribution in [2.45, 2.75) is 31.4 Å². The first kappa shape index (κ1) is 23.6.